The van der Waals surface area contributed by atoms with Gasteiger partial charge in [0.25, 0.3) is 0 Å². The number of rotatable bonds is 6. The van der Waals surface area contributed by atoms with Crippen LogP contribution in [0.3, 0.4) is 0 Å². The minimum absolute atomic E-state index is 0.0337. The van der Waals surface area contributed by atoms with Gasteiger partial charge in [-0.05, 0) is 54.1 Å². The highest BCUT2D eigenvalue weighted by Gasteiger charge is 2.08. The second kappa shape index (κ2) is 8.50. The fourth-order valence-electron chi connectivity index (χ4n) is 2.73. The molecule has 4 rings (SSSR count). The van der Waals surface area contributed by atoms with Crippen LogP contribution in [-0.2, 0) is 10.5 Å². The van der Waals surface area contributed by atoms with E-state index < -0.39 is 0 Å². The SMILES string of the molecule is O=C(CSCc1ccc(Cl)cc1)Nc1ccc(-c2nc3ccccc3o2)cc1. The lowest BCUT2D eigenvalue weighted by atomic mass is 10.2. The summed E-state index contributed by atoms with van der Waals surface area (Å²) in [4.78, 5) is 16.6. The maximum Gasteiger partial charge on any atom is 0.234 e. The lowest BCUT2D eigenvalue weighted by Gasteiger charge is -2.06. The summed E-state index contributed by atoms with van der Waals surface area (Å²) in [6.45, 7) is 0. The minimum Gasteiger partial charge on any atom is -0.436 e. The molecule has 0 aliphatic heterocycles. The summed E-state index contributed by atoms with van der Waals surface area (Å²) >= 11 is 7.44. The van der Waals surface area contributed by atoms with Crippen molar-refractivity contribution in [2.24, 2.45) is 0 Å². The van der Waals surface area contributed by atoms with E-state index in [4.69, 9.17) is 16.0 Å². The van der Waals surface area contributed by atoms with Gasteiger partial charge in [0.15, 0.2) is 5.58 Å². The third-order valence-corrected chi connectivity index (χ3v) is 5.38. The minimum atomic E-state index is -0.0337. The Morgan fingerprint density at radius 3 is 2.50 bits per heavy atom. The van der Waals surface area contributed by atoms with E-state index in [2.05, 4.69) is 10.3 Å². The molecular formula is C22H17ClN2O2S. The number of benzene rings is 3. The maximum atomic E-state index is 12.1. The Morgan fingerprint density at radius 2 is 1.75 bits per heavy atom. The molecule has 4 nitrogen and oxygen atoms in total. The number of fused-ring (bicyclic) bond motifs is 1. The number of nitrogens with zero attached hydrogens (tertiary/aromatic N) is 1. The second-order valence-corrected chi connectivity index (χ2v) is 7.65. The first-order valence-electron chi connectivity index (χ1n) is 8.75. The zero-order chi connectivity index (χ0) is 19.3. The fraction of sp³-hybridized carbons (Fsp3) is 0.0909. The lowest BCUT2D eigenvalue weighted by Crippen LogP contribution is -2.14. The summed E-state index contributed by atoms with van der Waals surface area (Å²) in [6.07, 6.45) is 0. The number of halogens is 1. The van der Waals surface area contributed by atoms with Gasteiger partial charge >= 0.3 is 0 Å². The fourth-order valence-corrected chi connectivity index (χ4v) is 3.64. The van der Waals surface area contributed by atoms with Crippen LogP contribution in [0.1, 0.15) is 5.56 Å². The normalized spacial score (nSPS) is 10.9. The average molecular weight is 409 g/mol. The number of aromatic nitrogens is 1. The topological polar surface area (TPSA) is 55.1 Å². The molecule has 1 heterocycles. The number of oxazole rings is 1. The van der Waals surface area contributed by atoms with Gasteiger partial charge in [-0.2, -0.15) is 0 Å². The van der Waals surface area contributed by atoms with Crippen LogP contribution < -0.4 is 5.32 Å². The zero-order valence-corrected chi connectivity index (χ0v) is 16.5. The van der Waals surface area contributed by atoms with Gasteiger partial charge < -0.3 is 9.73 Å². The first kappa shape index (κ1) is 18.6. The van der Waals surface area contributed by atoms with E-state index >= 15 is 0 Å². The zero-order valence-electron chi connectivity index (χ0n) is 14.9. The highest BCUT2D eigenvalue weighted by Crippen LogP contribution is 2.25. The number of para-hydroxylation sites is 2. The standard InChI is InChI=1S/C22H17ClN2O2S/c23-17-9-5-15(6-10-17)13-28-14-21(26)24-18-11-7-16(8-12-18)22-25-19-3-1-2-4-20(19)27-22/h1-12H,13-14H2,(H,24,26). The quantitative estimate of drug-likeness (QED) is 0.423. The van der Waals surface area contributed by atoms with Gasteiger partial charge in [-0.1, -0.05) is 35.9 Å². The van der Waals surface area contributed by atoms with Crippen LogP contribution in [0.15, 0.2) is 77.2 Å². The number of amides is 1. The molecule has 6 heteroatoms. The molecule has 28 heavy (non-hydrogen) atoms. The smallest absolute Gasteiger partial charge is 0.234 e. The van der Waals surface area contributed by atoms with Crippen molar-refractivity contribution in [1.82, 2.24) is 4.98 Å². The maximum absolute atomic E-state index is 12.1. The first-order valence-corrected chi connectivity index (χ1v) is 10.3. The molecule has 1 N–H and O–H groups in total. The van der Waals surface area contributed by atoms with Crippen molar-refractivity contribution in [3.05, 3.63) is 83.4 Å². The van der Waals surface area contributed by atoms with Crippen molar-refractivity contribution in [2.45, 2.75) is 5.75 Å². The summed E-state index contributed by atoms with van der Waals surface area (Å²) in [5.74, 6) is 1.68. The summed E-state index contributed by atoms with van der Waals surface area (Å²) in [7, 11) is 0. The molecule has 0 saturated heterocycles. The Balaban J connectivity index is 1.32. The van der Waals surface area contributed by atoms with Gasteiger partial charge in [-0.15, -0.1) is 11.8 Å². The molecule has 0 aliphatic carbocycles. The Morgan fingerprint density at radius 1 is 1.00 bits per heavy atom. The van der Waals surface area contributed by atoms with Crippen molar-refractivity contribution in [2.75, 3.05) is 11.1 Å². The van der Waals surface area contributed by atoms with E-state index in [-0.39, 0.29) is 5.91 Å². The molecule has 0 fully saturated rings. The van der Waals surface area contributed by atoms with Crippen LogP contribution in [0.4, 0.5) is 5.69 Å². The third-order valence-electron chi connectivity index (χ3n) is 4.12. The van der Waals surface area contributed by atoms with Gasteiger partial charge in [0, 0.05) is 22.0 Å². The Kier molecular flexibility index (Phi) is 5.65. The molecular weight excluding hydrogens is 392 g/mol. The van der Waals surface area contributed by atoms with E-state index in [1.807, 2.05) is 72.8 Å². The van der Waals surface area contributed by atoms with Crippen LogP contribution >= 0.6 is 23.4 Å². The lowest BCUT2D eigenvalue weighted by molar-refractivity contribution is -0.113. The molecule has 0 atom stereocenters. The Labute approximate surface area is 171 Å². The van der Waals surface area contributed by atoms with E-state index in [0.717, 1.165) is 33.7 Å². The van der Waals surface area contributed by atoms with Crippen LogP contribution in [-0.4, -0.2) is 16.6 Å². The van der Waals surface area contributed by atoms with Gasteiger partial charge in [0.1, 0.15) is 5.52 Å². The van der Waals surface area contributed by atoms with Gasteiger partial charge in [-0.25, -0.2) is 4.98 Å². The summed E-state index contributed by atoms with van der Waals surface area (Å²) in [5, 5.41) is 3.63. The summed E-state index contributed by atoms with van der Waals surface area (Å²) in [5.41, 5.74) is 4.34. The molecule has 140 valence electrons. The van der Waals surface area contributed by atoms with E-state index in [0.29, 0.717) is 16.7 Å². The van der Waals surface area contributed by atoms with Crippen LogP contribution in [0.2, 0.25) is 5.02 Å². The molecule has 1 amide bonds. The largest absolute Gasteiger partial charge is 0.436 e. The number of carbonyl (C=O) groups is 1. The van der Waals surface area contributed by atoms with Gasteiger partial charge in [-0.3, -0.25) is 4.79 Å². The van der Waals surface area contributed by atoms with Crippen molar-refractivity contribution in [3.63, 3.8) is 0 Å². The van der Waals surface area contributed by atoms with Crippen molar-refractivity contribution >= 4 is 46.1 Å². The Bertz CT molecular complexity index is 1060. The van der Waals surface area contributed by atoms with Gasteiger partial charge in [0.2, 0.25) is 11.8 Å². The molecule has 0 aliphatic rings. The first-order chi connectivity index (χ1) is 13.7. The summed E-state index contributed by atoms with van der Waals surface area (Å²) < 4.78 is 5.77. The average Bonchev–Trinajstić information content (AvgIpc) is 3.14. The monoisotopic (exact) mass is 408 g/mol. The van der Waals surface area contributed by atoms with E-state index in [1.165, 1.54) is 0 Å². The summed E-state index contributed by atoms with van der Waals surface area (Å²) in [6, 6.07) is 22.8. The highest BCUT2D eigenvalue weighted by atomic mass is 35.5. The molecule has 3 aromatic carbocycles. The number of carbonyl (C=O) groups excluding carboxylic acids is 1. The molecule has 0 saturated carbocycles. The molecule has 4 aromatic rings. The molecule has 1 aromatic heterocycles. The number of hydrogen-bond donors (Lipinski definition) is 1. The van der Waals surface area contributed by atoms with E-state index in [9.17, 15) is 4.79 Å². The van der Waals surface area contributed by atoms with Crippen LogP contribution in [0, 0.1) is 0 Å². The molecule has 0 radical (unpaired) electrons. The molecule has 0 spiro atoms. The number of anilines is 1. The van der Waals surface area contributed by atoms with Crippen LogP contribution in [0.5, 0.6) is 0 Å². The van der Waals surface area contributed by atoms with Crippen molar-refractivity contribution in [1.29, 1.82) is 0 Å². The second-order valence-electron chi connectivity index (χ2n) is 6.23. The number of hydrogen-bond acceptors (Lipinski definition) is 4. The van der Waals surface area contributed by atoms with Gasteiger partial charge in [0.05, 0.1) is 5.75 Å². The van der Waals surface area contributed by atoms with Crippen LogP contribution in [0.25, 0.3) is 22.6 Å². The predicted molar refractivity (Wildman–Crippen MR) is 116 cm³/mol. The molecule has 0 unspecified atom stereocenters. The van der Waals surface area contributed by atoms with Crippen molar-refractivity contribution in [3.8, 4) is 11.5 Å². The third kappa shape index (κ3) is 4.55. The number of thioether (sulfide) groups is 1. The molecule has 0 bridgehead atoms. The predicted octanol–water partition coefficient (Wildman–Crippen LogP) is 6.02. The van der Waals surface area contributed by atoms with E-state index in [1.54, 1.807) is 11.8 Å². The number of nitrogens with one attached hydrogen (secondary N) is 1. The van der Waals surface area contributed by atoms with Crippen molar-refractivity contribution < 1.29 is 9.21 Å². The Hall–Kier alpha value is -2.76. The highest BCUT2D eigenvalue weighted by molar-refractivity contribution is 7.99.